The minimum atomic E-state index is -0.294. The van der Waals surface area contributed by atoms with E-state index in [4.69, 9.17) is 16.6 Å². The molecule has 1 aromatic heterocycles. The number of benzene rings is 1. The van der Waals surface area contributed by atoms with Crippen molar-refractivity contribution in [1.82, 2.24) is 20.2 Å². The number of rotatable bonds is 7. The zero-order valence-corrected chi connectivity index (χ0v) is 21.9. The average Bonchev–Trinajstić information content (AvgIpc) is 3.46. The molecule has 0 unspecified atom stereocenters. The van der Waals surface area contributed by atoms with E-state index in [1.54, 1.807) is 29.3 Å². The van der Waals surface area contributed by atoms with Crippen LogP contribution in [-0.2, 0) is 4.79 Å². The van der Waals surface area contributed by atoms with Gasteiger partial charge in [-0.05, 0) is 58.0 Å². The zero-order valence-electron chi connectivity index (χ0n) is 21.2. The monoisotopic (exact) mass is 511 g/mol. The Labute approximate surface area is 217 Å². The molecular weight excluding hydrogens is 478 g/mol. The molecule has 36 heavy (non-hydrogen) atoms. The first-order valence-corrected chi connectivity index (χ1v) is 13.1. The van der Waals surface area contributed by atoms with E-state index in [0.717, 1.165) is 43.7 Å². The van der Waals surface area contributed by atoms with Gasteiger partial charge in [0.1, 0.15) is 5.69 Å². The second kappa shape index (κ2) is 9.86. The fraction of sp³-hybridized carbons (Fsp3) is 0.538. The van der Waals surface area contributed by atoms with Crippen molar-refractivity contribution in [2.45, 2.75) is 44.6 Å². The molecule has 2 amide bonds. The summed E-state index contributed by atoms with van der Waals surface area (Å²) >= 11 is 6.53. The molecule has 2 aliphatic carbocycles. The highest BCUT2D eigenvalue weighted by atomic mass is 35.5. The van der Waals surface area contributed by atoms with Gasteiger partial charge in [-0.1, -0.05) is 24.4 Å². The summed E-state index contributed by atoms with van der Waals surface area (Å²) in [5.41, 5.74) is 1.56. The van der Waals surface area contributed by atoms with Gasteiger partial charge in [0.2, 0.25) is 11.9 Å². The van der Waals surface area contributed by atoms with Crippen LogP contribution >= 0.6 is 11.6 Å². The molecule has 0 radical (unpaired) electrons. The lowest BCUT2D eigenvalue weighted by Crippen LogP contribution is -2.41. The first kappa shape index (κ1) is 24.8. The van der Waals surface area contributed by atoms with Crippen LogP contribution < -0.4 is 20.4 Å². The molecule has 10 heteroatoms. The van der Waals surface area contributed by atoms with Crippen molar-refractivity contribution in [2.75, 3.05) is 55.9 Å². The van der Waals surface area contributed by atoms with Crippen LogP contribution in [0.3, 0.4) is 0 Å². The van der Waals surface area contributed by atoms with Gasteiger partial charge >= 0.3 is 0 Å². The van der Waals surface area contributed by atoms with Gasteiger partial charge in [0.05, 0.1) is 22.3 Å². The summed E-state index contributed by atoms with van der Waals surface area (Å²) in [5.74, 6) is 1.21. The maximum Gasteiger partial charge on any atom is 0.251 e. The number of amides is 2. The second-order valence-corrected chi connectivity index (χ2v) is 10.9. The summed E-state index contributed by atoms with van der Waals surface area (Å²) in [5, 5.41) is 6.52. The predicted octanol–water partition coefficient (Wildman–Crippen LogP) is 3.67. The molecule has 2 aromatic rings. The quantitative estimate of drug-likeness (QED) is 0.585. The van der Waals surface area contributed by atoms with Crippen LogP contribution in [0.4, 0.5) is 23.1 Å². The molecule has 9 nitrogen and oxygen atoms in total. The Bertz CT molecular complexity index is 1160. The van der Waals surface area contributed by atoms with E-state index in [1.807, 2.05) is 26.0 Å². The Balaban J connectivity index is 1.38. The van der Waals surface area contributed by atoms with Gasteiger partial charge < -0.3 is 25.3 Å². The maximum absolute atomic E-state index is 13.2. The third kappa shape index (κ3) is 4.86. The largest absolute Gasteiger partial charge is 0.351 e. The lowest BCUT2D eigenvalue weighted by atomic mass is 10.0. The van der Waals surface area contributed by atoms with E-state index in [2.05, 4.69) is 20.5 Å². The predicted molar refractivity (Wildman–Crippen MR) is 142 cm³/mol. The minimum Gasteiger partial charge on any atom is -0.351 e. The molecule has 2 saturated carbocycles. The molecule has 0 saturated heterocycles. The summed E-state index contributed by atoms with van der Waals surface area (Å²) in [6, 6.07) is 5.53. The summed E-state index contributed by atoms with van der Waals surface area (Å²) < 4.78 is 0. The Morgan fingerprint density at radius 2 is 2.00 bits per heavy atom. The smallest absolute Gasteiger partial charge is 0.251 e. The van der Waals surface area contributed by atoms with E-state index < -0.39 is 0 Å². The number of halogens is 1. The summed E-state index contributed by atoms with van der Waals surface area (Å²) in [6.45, 7) is 2.03. The molecular formula is C26H34ClN7O2. The highest BCUT2D eigenvalue weighted by Gasteiger charge is 2.55. The molecule has 1 aromatic carbocycles. The van der Waals surface area contributed by atoms with Crippen LogP contribution in [0.1, 0.15) is 48.9 Å². The number of anilines is 4. The molecule has 2 N–H and O–H groups in total. The number of aromatic nitrogens is 2. The van der Waals surface area contributed by atoms with Gasteiger partial charge in [-0.25, -0.2) is 4.98 Å². The first-order chi connectivity index (χ1) is 17.3. The van der Waals surface area contributed by atoms with Gasteiger partial charge in [-0.2, -0.15) is 4.98 Å². The molecule has 1 spiro atoms. The lowest BCUT2D eigenvalue weighted by Gasteiger charge is -2.31. The Kier molecular flexibility index (Phi) is 6.78. The van der Waals surface area contributed by atoms with Gasteiger partial charge in [0.15, 0.2) is 5.82 Å². The standard InChI is InChI=1S/C26H34ClN7O2/c1-32(2)13-12-28-23(35)17-8-9-20(19(27)14-17)30-25-29-15-21-22(31-25)34(18-6-4-5-7-18)16-26(10-11-26)24(36)33(21)3/h8-9,14-15,18H,4-7,10-13,16H2,1-3H3,(H,28,35)(H,29,30,31). The summed E-state index contributed by atoms with van der Waals surface area (Å²) in [6.07, 6.45) is 8.22. The van der Waals surface area contributed by atoms with E-state index >= 15 is 0 Å². The molecule has 2 heterocycles. The topological polar surface area (TPSA) is 93.7 Å². The van der Waals surface area contributed by atoms with Crippen molar-refractivity contribution >= 4 is 46.6 Å². The average molecular weight is 512 g/mol. The fourth-order valence-electron chi connectivity index (χ4n) is 5.22. The Hall–Kier alpha value is -2.91. The third-order valence-corrected chi connectivity index (χ3v) is 7.87. The number of carbonyl (C=O) groups excluding carboxylic acids is 2. The molecule has 0 bridgehead atoms. The van der Waals surface area contributed by atoms with Crippen molar-refractivity contribution in [3.05, 3.63) is 35.0 Å². The van der Waals surface area contributed by atoms with Gasteiger partial charge in [0, 0.05) is 38.3 Å². The van der Waals surface area contributed by atoms with Crippen LogP contribution in [0.2, 0.25) is 5.02 Å². The Morgan fingerprint density at radius 3 is 2.67 bits per heavy atom. The fourth-order valence-corrected chi connectivity index (χ4v) is 5.45. The van der Waals surface area contributed by atoms with Gasteiger partial charge in [-0.15, -0.1) is 0 Å². The van der Waals surface area contributed by atoms with Crippen molar-refractivity contribution < 1.29 is 9.59 Å². The molecule has 3 aliphatic rings. The highest BCUT2D eigenvalue weighted by Crippen LogP contribution is 2.52. The SMILES string of the molecule is CN(C)CCNC(=O)c1ccc(Nc2ncc3c(n2)N(C2CCCC2)CC2(CC2)C(=O)N3C)c(Cl)c1. The Morgan fingerprint density at radius 1 is 1.25 bits per heavy atom. The normalized spacial score (nSPS) is 19.0. The van der Waals surface area contributed by atoms with Crippen LogP contribution in [0, 0.1) is 5.41 Å². The summed E-state index contributed by atoms with van der Waals surface area (Å²) in [4.78, 5) is 41.2. The van der Waals surface area contributed by atoms with E-state index in [-0.39, 0.29) is 17.2 Å². The first-order valence-electron chi connectivity index (χ1n) is 12.7. The number of nitrogens with one attached hydrogen (secondary N) is 2. The molecule has 1 aliphatic heterocycles. The van der Waals surface area contributed by atoms with Crippen molar-refractivity contribution in [2.24, 2.45) is 5.41 Å². The number of carbonyl (C=O) groups is 2. The van der Waals surface area contributed by atoms with E-state index in [0.29, 0.717) is 41.4 Å². The molecule has 192 valence electrons. The van der Waals surface area contributed by atoms with Gasteiger partial charge in [-0.3, -0.25) is 9.59 Å². The van der Waals surface area contributed by atoms with Crippen molar-refractivity contribution in [3.63, 3.8) is 0 Å². The van der Waals surface area contributed by atoms with Crippen molar-refractivity contribution in [1.29, 1.82) is 0 Å². The van der Waals surface area contributed by atoms with Crippen LogP contribution in [0.25, 0.3) is 0 Å². The minimum absolute atomic E-state index is 0.163. The van der Waals surface area contributed by atoms with Gasteiger partial charge in [0.25, 0.3) is 5.91 Å². The number of nitrogens with zero attached hydrogens (tertiary/aromatic N) is 5. The number of hydrogen-bond donors (Lipinski definition) is 2. The van der Waals surface area contributed by atoms with Crippen molar-refractivity contribution in [3.8, 4) is 0 Å². The zero-order chi connectivity index (χ0) is 25.4. The number of fused-ring (bicyclic) bond motifs is 1. The van der Waals surface area contributed by atoms with E-state index in [1.165, 1.54) is 12.8 Å². The number of likely N-dealkylation sites (N-methyl/N-ethyl adjacent to an activating group) is 1. The highest BCUT2D eigenvalue weighted by molar-refractivity contribution is 6.33. The van der Waals surface area contributed by atoms with Crippen LogP contribution in [0.5, 0.6) is 0 Å². The lowest BCUT2D eigenvalue weighted by molar-refractivity contribution is -0.122. The molecule has 5 rings (SSSR count). The maximum atomic E-state index is 13.2. The third-order valence-electron chi connectivity index (χ3n) is 7.56. The van der Waals surface area contributed by atoms with Crippen LogP contribution in [-0.4, -0.2) is 73.5 Å². The van der Waals surface area contributed by atoms with Crippen LogP contribution in [0.15, 0.2) is 24.4 Å². The molecule has 0 atom stereocenters. The summed E-state index contributed by atoms with van der Waals surface area (Å²) in [7, 11) is 5.75. The number of hydrogen-bond acceptors (Lipinski definition) is 7. The second-order valence-electron chi connectivity index (χ2n) is 10.5. The molecule has 2 fully saturated rings. The van der Waals surface area contributed by atoms with E-state index in [9.17, 15) is 9.59 Å².